The fourth-order valence-corrected chi connectivity index (χ4v) is 2.46. The highest BCUT2D eigenvalue weighted by atomic mass is 16.3. The molecule has 2 aromatic rings. The van der Waals surface area contributed by atoms with E-state index in [1.807, 2.05) is 26.8 Å². The minimum atomic E-state index is -0.309. The maximum absolute atomic E-state index is 12.4. The predicted octanol–water partition coefficient (Wildman–Crippen LogP) is 4.49. The minimum Gasteiger partial charge on any atom is -0.447 e. The first-order valence-electron chi connectivity index (χ1n) is 8.57. The molecule has 2 rings (SSSR count). The fourth-order valence-electron chi connectivity index (χ4n) is 2.46. The summed E-state index contributed by atoms with van der Waals surface area (Å²) in [5.41, 5.74) is 2.58. The molecule has 0 aliphatic heterocycles. The van der Waals surface area contributed by atoms with Crippen LogP contribution in [0.25, 0.3) is 0 Å². The number of nitrogens with one attached hydrogen (secondary N) is 2. The van der Waals surface area contributed by atoms with E-state index in [0.717, 1.165) is 24.1 Å². The van der Waals surface area contributed by atoms with Crippen LogP contribution in [-0.2, 0) is 4.79 Å². The number of nitrogens with zero attached hydrogens (tertiary/aromatic N) is 1. The third kappa shape index (κ3) is 4.92. The molecule has 1 aromatic heterocycles. The summed E-state index contributed by atoms with van der Waals surface area (Å²) in [6.07, 6.45) is 3.65. The molecule has 1 aromatic carbocycles. The first-order chi connectivity index (χ1) is 11.9. The minimum absolute atomic E-state index is 0.00547. The van der Waals surface area contributed by atoms with Crippen LogP contribution in [0.1, 0.15) is 67.8 Å². The number of hydrogen-bond acceptors (Lipinski definition) is 4. The van der Waals surface area contributed by atoms with Crippen LogP contribution < -0.4 is 10.6 Å². The zero-order chi connectivity index (χ0) is 18.4. The standard InChI is InChI=1S/C19H25N3O3/c1-5-6-7-16(23)22-15-9-8-14(10-13(15)4)21-19(24)17-18(12(2)3)25-11-20-17/h8-12H,5-7H2,1-4H3,(H,21,24)(H,22,23). The van der Waals surface area contributed by atoms with Gasteiger partial charge in [-0.1, -0.05) is 27.2 Å². The number of amides is 2. The molecule has 134 valence electrons. The van der Waals surface area contributed by atoms with Gasteiger partial charge in [0.25, 0.3) is 5.91 Å². The van der Waals surface area contributed by atoms with E-state index < -0.39 is 0 Å². The van der Waals surface area contributed by atoms with Gasteiger partial charge in [-0.25, -0.2) is 4.98 Å². The molecular weight excluding hydrogens is 318 g/mol. The number of anilines is 2. The Morgan fingerprint density at radius 2 is 2.00 bits per heavy atom. The SMILES string of the molecule is CCCCC(=O)Nc1ccc(NC(=O)c2ncoc2C(C)C)cc1C. The number of carbonyl (C=O) groups is 2. The summed E-state index contributed by atoms with van der Waals surface area (Å²) < 4.78 is 5.28. The van der Waals surface area contributed by atoms with Gasteiger partial charge in [-0.2, -0.15) is 0 Å². The van der Waals surface area contributed by atoms with Gasteiger partial charge in [-0.15, -0.1) is 0 Å². The molecule has 1 heterocycles. The van der Waals surface area contributed by atoms with Gasteiger partial charge in [0.05, 0.1) is 0 Å². The molecule has 0 unspecified atom stereocenters. The Hall–Kier alpha value is -2.63. The highest BCUT2D eigenvalue weighted by molar-refractivity contribution is 6.04. The van der Waals surface area contributed by atoms with Gasteiger partial charge in [0.15, 0.2) is 12.1 Å². The van der Waals surface area contributed by atoms with Crippen LogP contribution in [0.2, 0.25) is 0 Å². The maximum Gasteiger partial charge on any atom is 0.277 e. The van der Waals surface area contributed by atoms with Crippen molar-refractivity contribution in [1.82, 2.24) is 4.98 Å². The maximum atomic E-state index is 12.4. The van der Waals surface area contributed by atoms with Crippen LogP contribution in [-0.4, -0.2) is 16.8 Å². The average Bonchev–Trinajstić information content (AvgIpc) is 3.05. The van der Waals surface area contributed by atoms with Crippen molar-refractivity contribution in [2.75, 3.05) is 10.6 Å². The van der Waals surface area contributed by atoms with Gasteiger partial charge < -0.3 is 15.1 Å². The molecular formula is C19H25N3O3. The lowest BCUT2D eigenvalue weighted by atomic mass is 10.1. The molecule has 0 atom stereocenters. The van der Waals surface area contributed by atoms with E-state index in [9.17, 15) is 9.59 Å². The van der Waals surface area contributed by atoms with E-state index in [-0.39, 0.29) is 17.7 Å². The molecule has 0 saturated carbocycles. The van der Waals surface area contributed by atoms with Crippen molar-refractivity contribution >= 4 is 23.2 Å². The highest BCUT2D eigenvalue weighted by Crippen LogP contribution is 2.22. The number of aromatic nitrogens is 1. The Bertz CT molecular complexity index is 750. The van der Waals surface area contributed by atoms with E-state index in [1.165, 1.54) is 6.39 Å². The zero-order valence-corrected chi connectivity index (χ0v) is 15.2. The van der Waals surface area contributed by atoms with Crippen LogP contribution >= 0.6 is 0 Å². The van der Waals surface area contributed by atoms with Crippen molar-refractivity contribution in [3.63, 3.8) is 0 Å². The lowest BCUT2D eigenvalue weighted by molar-refractivity contribution is -0.116. The van der Waals surface area contributed by atoms with Crippen LogP contribution in [0.5, 0.6) is 0 Å². The number of aryl methyl sites for hydroxylation is 1. The quantitative estimate of drug-likeness (QED) is 0.776. The van der Waals surface area contributed by atoms with Crippen LogP contribution in [0.15, 0.2) is 29.0 Å². The predicted molar refractivity (Wildman–Crippen MR) is 97.9 cm³/mol. The van der Waals surface area contributed by atoms with Crippen molar-refractivity contribution in [2.24, 2.45) is 0 Å². The van der Waals surface area contributed by atoms with Gasteiger partial charge in [-0.05, 0) is 37.1 Å². The summed E-state index contributed by atoms with van der Waals surface area (Å²) in [6, 6.07) is 5.37. The Kier molecular flexibility index (Phi) is 6.33. The van der Waals surface area contributed by atoms with Crippen molar-refractivity contribution < 1.29 is 14.0 Å². The third-order valence-corrected chi connectivity index (χ3v) is 3.85. The molecule has 0 bridgehead atoms. The molecule has 0 radical (unpaired) electrons. The lowest BCUT2D eigenvalue weighted by Crippen LogP contribution is -2.15. The van der Waals surface area contributed by atoms with Gasteiger partial charge in [0.2, 0.25) is 5.91 Å². The number of carbonyl (C=O) groups excluding carboxylic acids is 2. The molecule has 2 amide bonds. The summed E-state index contributed by atoms with van der Waals surface area (Å²) in [5, 5.41) is 5.72. The van der Waals surface area contributed by atoms with E-state index in [1.54, 1.807) is 12.1 Å². The molecule has 2 N–H and O–H groups in total. The summed E-state index contributed by atoms with van der Waals surface area (Å²) in [7, 11) is 0. The molecule has 0 saturated heterocycles. The van der Waals surface area contributed by atoms with E-state index in [4.69, 9.17) is 4.42 Å². The molecule has 0 aliphatic rings. The van der Waals surface area contributed by atoms with E-state index in [2.05, 4.69) is 22.5 Å². The second kappa shape index (κ2) is 8.46. The largest absolute Gasteiger partial charge is 0.447 e. The normalized spacial score (nSPS) is 10.8. The smallest absolute Gasteiger partial charge is 0.277 e. The van der Waals surface area contributed by atoms with Crippen molar-refractivity contribution in [3.05, 3.63) is 41.6 Å². The number of hydrogen-bond donors (Lipinski definition) is 2. The first kappa shape index (κ1) is 18.7. The Labute approximate surface area is 148 Å². The molecule has 0 aliphatic carbocycles. The summed E-state index contributed by atoms with van der Waals surface area (Å²) in [4.78, 5) is 28.2. The average molecular weight is 343 g/mol. The molecule has 6 heteroatoms. The Morgan fingerprint density at radius 3 is 2.64 bits per heavy atom. The second-order valence-electron chi connectivity index (χ2n) is 6.36. The van der Waals surface area contributed by atoms with Crippen LogP contribution in [0.4, 0.5) is 11.4 Å². The lowest BCUT2D eigenvalue weighted by Gasteiger charge is -2.11. The first-order valence-corrected chi connectivity index (χ1v) is 8.57. The number of benzene rings is 1. The third-order valence-electron chi connectivity index (χ3n) is 3.85. The second-order valence-corrected chi connectivity index (χ2v) is 6.36. The monoisotopic (exact) mass is 343 g/mol. The molecule has 0 spiro atoms. The van der Waals surface area contributed by atoms with Crippen molar-refractivity contribution in [1.29, 1.82) is 0 Å². The van der Waals surface area contributed by atoms with Gasteiger partial charge in [0, 0.05) is 23.7 Å². The van der Waals surface area contributed by atoms with Crippen LogP contribution in [0.3, 0.4) is 0 Å². The van der Waals surface area contributed by atoms with Crippen molar-refractivity contribution in [3.8, 4) is 0 Å². The van der Waals surface area contributed by atoms with Crippen molar-refractivity contribution in [2.45, 2.75) is 52.9 Å². The Balaban J connectivity index is 2.06. The van der Waals surface area contributed by atoms with E-state index in [0.29, 0.717) is 23.6 Å². The van der Waals surface area contributed by atoms with Gasteiger partial charge in [-0.3, -0.25) is 9.59 Å². The summed E-state index contributed by atoms with van der Waals surface area (Å²) in [6.45, 7) is 7.82. The van der Waals surface area contributed by atoms with Crippen LogP contribution in [0, 0.1) is 6.92 Å². The fraction of sp³-hybridized carbons (Fsp3) is 0.421. The molecule has 0 fully saturated rings. The number of rotatable bonds is 7. The zero-order valence-electron chi connectivity index (χ0n) is 15.2. The number of oxazole rings is 1. The highest BCUT2D eigenvalue weighted by Gasteiger charge is 2.19. The molecule has 25 heavy (non-hydrogen) atoms. The van der Waals surface area contributed by atoms with Gasteiger partial charge >= 0.3 is 0 Å². The number of unbranched alkanes of at least 4 members (excludes halogenated alkanes) is 1. The Morgan fingerprint density at radius 1 is 1.24 bits per heavy atom. The molecule has 6 nitrogen and oxygen atoms in total. The summed E-state index contributed by atoms with van der Waals surface area (Å²) in [5.74, 6) is 0.335. The van der Waals surface area contributed by atoms with Gasteiger partial charge in [0.1, 0.15) is 5.76 Å². The summed E-state index contributed by atoms with van der Waals surface area (Å²) >= 11 is 0. The van der Waals surface area contributed by atoms with E-state index >= 15 is 0 Å². The topological polar surface area (TPSA) is 84.2 Å².